The Labute approximate surface area is 74.8 Å². The highest BCUT2D eigenvalue weighted by molar-refractivity contribution is 8.13. The molecule has 1 aromatic carbocycles. The number of hydrogen-bond donors (Lipinski definition) is 0. The lowest BCUT2D eigenvalue weighted by Crippen LogP contribution is -1.88. The van der Waals surface area contributed by atoms with Crippen molar-refractivity contribution in [1.82, 2.24) is 0 Å². The molecule has 62 valence electrons. The van der Waals surface area contributed by atoms with Crippen LogP contribution in [-0.2, 0) is 9.05 Å². The van der Waals surface area contributed by atoms with Crippen LogP contribution < -0.4 is 0 Å². The summed E-state index contributed by atoms with van der Waals surface area (Å²) in [6.45, 7) is 6.61. The third kappa shape index (κ3) is 1.97. The van der Waals surface area contributed by atoms with E-state index in [0.717, 1.165) is 0 Å². The van der Waals surface area contributed by atoms with Gasteiger partial charge in [-0.25, -0.2) is 13.3 Å². The smallest absolute Gasteiger partial charge is 0.238 e. The van der Waals surface area contributed by atoms with E-state index < -0.39 is 9.05 Å². The van der Waals surface area contributed by atoms with Crippen LogP contribution in [0.1, 0.15) is 0 Å². The summed E-state index contributed by atoms with van der Waals surface area (Å²) in [4.78, 5) is 3.12. The minimum Gasteiger partial charge on any atom is -0.238 e. The molecule has 0 bridgehead atoms. The zero-order chi connectivity index (χ0) is 9.19. The van der Waals surface area contributed by atoms with Gasteiger partial charge in [-0.1, -0.05) is 24.3 Å². The largest absolute Gasteiger partial charge is 0.261 e. The number of benzene rings is 1. The molecule has 0 amide bonds. The average molecular weight is 202 g/mol. The summed E-state index contributed by atoms with van der Waals surface area (Å²) in [7, 11) is 1.39. The average Bonchev–Trinajstić information content (AvgIpc) is 2.03. The number of hydrogen-bond acceptors (Lipinski definition) is 2. The number of halogens is 1. The first kappa shape index (κ1) is 9.04. The minimum atomic E-state index is -3.66. The van der Waals surface area contributed by atoms with Crippen LogP contribution in [0, 0.1) is 6.57 Å². The van der Waals surface area contributed by atoms with E-state index in [2.05, 4.69) is 4.85 Å². The predicted octanol–water partition coefficient (Wildman–Crippen LogP) is 2.16. The highest BCUT2D eigenvalue weighted by atomic mass is 35.7. The minimum absolute atomic E-state index is 0.0107. The molecular weight excluding hydrogens is 198 g/mol. The van der Waals surface area contributed by atoms with Gasteiger partial charge in [0, 0.05) is 10.7 Å². The van der Waals surface area contributed by atoms with Crippen LogP contribution in [0.4, 0.5) is 5.69 Å². The summed E-state index contributed by atoms with van der Waals surface area (Å²) in [6, 6.07) is 5.41. The first-order valence-electron chi connectivity index (χ1n) is 2.96. The molecule has 1 rings (SSSR count). The van der Waals surface area contributed by atoms with Gasteiger partial charge in [-0.2, -0.15) is 0 Å². The van der Waals surface area contributed by atoms with Gasteiger partial charge in [-0.3, -0.25) is 0 Å². The molecular formula is C7H4ClNO2S. The maximum atomic E-state index is 10.7. The monoisotopic (exact) mass is 201 g/mol. The molecule has 0 radical (unpaired) electrons. The van der Waals surface area contributed by atoms with Gasteiger partial charge >= 0.3 is 0 Å². The lowest BCUT2D eigenvalue weighted by molar-refractivity contribution is 0.609. The predicted molar refractivity (Wildman–Crippen MR) is 45.7 cm³/mol. The Morgan fingerprint density at radius 2 is 1.75 bits per heavy atom. The normalized spacial score (nSPS) is 10.7. The van der Waals surface area contributed by atoms with Gasteiger partial charge < -0.3 is 0 Å². The summed E-state index contributed by atoms with van der Waals surface area (Å²) in [5.41, 5.74) is 0.388. The quantitative estimate of drug-likeness (QED) is 0.516. The van der Waals surface area contributed by atoms with E-state index in [-0.39, 0.29) is 4.90 Å². The molecule has 0 saturated heterocycles. The molecule has 0 heterocycles. The maximum Gasteiger partial charge on any atom is 0.261 e. The summed E-state index contributed by atoms with van der Waals surface area (Å²) in [5.74, 6) is 0. The Balaban J connectivity index is 3.20. The van der Waals surface area contributed by atoms with Crippen molar-refractivity contribution in [2.75, 3.05) is 0 Å². The third-order valence-corrected chi connectivity index (χ3v) is 2.62. The van der Waals surface area contributed by atoms with Crippen molar-refractivity contribution in [3.05, 3.63) is 35.7 Å². The first-order valence-corrected chi connectivity index (χ1v) is 5.27. The van der Waals surface area contributed by atoms with Crippen LogP contribution >= 0.6 is 10.7 Å². The molecule has 0 unspecified atom stereocenters. The fourth-order valence-electron chi connectivity index (χ4n) is 0.683. The Kier molecular flexibility index (Phi) is 2.36. The van der Waals surface area contributed by atoms with Gasteiger partial charge in [0.1, 0.15) is 0 Å². The zero-order valence-electron chi connectivity index (χ0n) is 5.86. The van der Waals surface area contributed by atoms with E-state index in [1.54, 1.807) is 0 Å². The molecule has 12 heavy (non-hydrogen) atoms. The Morgan fingerprint density at radius 1 is 1.25 bits per heavy atom. The molecule has 0 N–H and O–H groups in total. The van der Waals surface area contributed by atoms with Crippen LogP contribution in [0.25, 0.3) is 4.85 Å². The van der Waals surface area contributed by atoms with Gasteiger partial charge in [0.25, 0.3) is 9.05 Å². The lowest BCUT2D eigenvalue weighted by atomic mass is 10.3. The molecule has 1 aromatic rings. The van der Waals surface area contributed by atoms with Gasteiger partial charge in [-0.15, -0.1) is 0 Å². The van der Waals surface area contributed by atoms with Crippen molar-refractivity contribution in [3.8, 4) is 0 Å². The molecule has 0 aliphatic heterocycles. The topological polar surface area (TPSA) is 38.5 Å². The van der Waals surface area contributed by atoms with E-state index in [1.165, 1.54) is 24.3 Å². The Morgan fingerprint density at radius 3 is 2.08 bits per heavy atom. The van der Waals surface area contributed by atoms with Crippen molar-refractivity contribution in [3.63, 3.8) is 0 Å². The second kappa shape index (κ2) is 3.13. The fourth-order valence-corrected chi connectivity index (χ4v) is 1.45. The van der Waals surface area contributed by atoms with E-state index in [9.17, 15) is 8.42 Å². The van der Waals surface area contributed by atoms with Crippen LogP contribution in [0.5, 0.6) is 0 Å². The molecule has 0 aliphatic rings. The summed E-state index contributed by atoms with van der Waals surface area (Å²) in [6.07, 6.45) is 0. The van der Waals surface area contributed by atoms with Crippen LogP contribution in [0.2, 0.25) is 0 Å². The Bertz CT molecular complexity index is 416. The number of nitrogens with zero attached hydrogens (tertiary/aromatic N) is 1. The molecule has 3 nitrogen and oxygen atoms in total. The zero-order valence-corrected chi connectivity index (χ0v) is 7.43. The van der Waals surface area contributed by atoms with Gasteiger partial charge in [0.05, 0.1) is 11.5 Å². The van der Waals surface area contributed by atoms with Crippen LogP contribution in [0.15, 0.2) is 29.2 Å². The van der Waals surface area contributed by atoms with Gasteiger partial charge in [-0.05, 0) is 0 Å². The highest BCUT2D eigenvalue weighted by Gasteiger charge is 2.08. The van der Waals surface area contributed by atoms with Gasteiger partial charge in [0.15, 0.2) is 5.69 Å². The lowest BCUT2D eigenvalue weighted by Gasteiger charge is -1.93. The van der Waals surface area contributed by atoms with Crippen LogP contribution in [-0.4, -0.2) is 8.42 Å². The third-order valence-electron chi connectivity index (χ3n) is 1.25. The van der Waals surface area contributed by atoms with E-state index in [1.807, 2.05) is 0 Å². The SMILES string of the molecule is [C-]#[N+]c1ccc(S(=O)(=O)Cl)cc1. The molecule has 0 fully saturated rings. The van der Waals surface area contributed by atoms with Crippen molar-refractivity contribution in [2.24, 2.45) is 0 Å². The summed E-state index contributed by atoms with van der Waals surface area (Å²) in [5, 5.41) is 0. The van der Waals surface area contributed by atoms with Crippen molar-refractivity contribution >= 4 is 25.4 Å². The Hall–Kier alpha value is -1.05. The van der Waals surface area contributed by atoms with E-state index in [0.29, 0.717) is 5.69 Å². The molecule has 0 aliphatic carbocycles. The van der Waals surface area contributed by atoms with Crippen LogP contribution in [0.3, 0.4) is 0 Å². The number of rotatable bonds is 1. The summed E-state index contributed by atoms with van der Waals surface area (Å²) < 4.78 is 21.4. The fraction of sp³-hybridized carbons (Fsp3) is 0. The molecule has 0 aromatic heterocycles. The maximum absolute atomic E-state index is 10.7. The first-order chi connectivity index (χ1) is 5.54. The van der Waals surface area contributed by atoms with E-state index >= 15 is 0 Å². The van der Waals surface area contributed by atoms with Crippen molar-refractivity contribution in [2.45, 2.75) is 4.90 Å². The molecule has 0 atom stereocenters. The van der Waals surface area contributed by atoms with Gasteiger partial charge in [0.2, 0.25) is 0 Å². The molecule has 0 spiro atoms. The molecule has 0 saturated carbocycles. The van der Waals surface area contributed by atoms with E-state index in [4.69, 9.17) is 17.3 Å². The van der Waals surface area contributed by atoms with Crippen molar-refractivity contribution < 1.29 is 8.42 Å². The second-order valence-electron chi connectivity index (χ2n) is 2.04. The standard InChI is InChI=1S/C7H4ClNO2S/c1-9-6-2-4-7(5-3-6)12(8,10)11/h2-5H. The molecule has 5 heteroatoms. The summed E-state index contributed by atoms with van der Waals surface area (Å²) >= 11 is 0. The second-order valence-corrected chi connectivity index (χ2v) is 4.61. The van der Waals surface area contributed by atoms with Crippen molar-refractivity contribution in [1.29, 1.82) is 0 Å². The highest BCUT2D eigenvalue weighted by Crippen LogP contribution is 2.18.